The molecule has 3 amide bonds. The van der Waals surface area contributed by atoms with Crippen LogP contribution in [-0.2, 0) is 30.4 Å². The minimum Gasteiger partial charge on any atom is -0.481 e. The number of aromatic nitrogens is 1. The summed E-state index contributed by atoms with van der Waals surface area (Å²) in [6.45, 7) is 1.09. The van der Waals surface area contributed by atoms with E-state index in [4.69, 9.17) is 10.8 Å². The summed E-state index contributed by atoms with van der Waals surface area (Å²) in [5.41, 5.74) is 6.75. The van der Waals surface area contributed by atoms with E-state index in [9.17, 15) is 29.1 Å². The van der Waals surface area contributed by atoms with Crippen molar-refractivity contribution in [3.63, 3.8) is 0 Å². The highest BCUT2D eigenvalue weighted by molar-refractivity contribution is 5.94. The number of para-hydroxylation sites is 1. The van der Waals surface area contributed by atoms with Gasteiger partial charge in [0.2, 0.25) is 17.7 Å². The van der Waals surface area contributed by atoms with Crippen molar-refractivity contribution in [2.24, 2.45) is 5.73 Å². The molecule has 3 unspecified atom stereocenters. The fourth-order valence-electron chi connectivity index (χ4n) is 3.19. The van der Waals surface area contributed by atoms with E-state index >= 15 is 0 Å². The van der Waals surface area contributed by atoms with Crippen LogP contribution < -0.4 is 21.7 Å². The van der Waals surface area contributed by atoms with Crippen LogP contribution in [0.3, 0.4) is 0 Å². The van der Waals surface area contributed by atoms with E-state index in [-0.39, 0.29) is 19.4 Å². The fourth-order valence-corrected chi connectivity index (χ4v) is 3.19. The molecule has 12 nitrogen and oxygen atoms in total. The summed E-state index contributed by atoms with van der Waals surface area (Å²) >= 11 is 0. The highest BCUT2D eigenvalue weighted by Crippen LogP contribution is 2.19. The highest BCUT2D eigenvalue weighted by atomic mass is 16.4. The highest BCUT2D eigenvalue weighted by Gasteiger charge is 2.29. The molecule has 1 aromatic heterocycles. The summed E-state index contributed by atoms with van der Waals surface area (Å²) in [5, 5.41) is 26.2. The molecule has 2 aromatic rings. The van der Waals surface area contributed by atoms with Gasteiger partial charge in [-0.15, -0.1) is 0 Å². The molecule has 0 aliphatic carbocycles. The SMILES string of the molecule is CC(NC(=O)CN)C(=O)NC(Cc1c[nH]c2ccccc12)C(=O)NC(CCC(=O)O)C(=O)O. The van der Waals surface area contributed by atoms with Gasteiger partial charge < -0.3 is 36.9 Å². The second-order valence-electron chi connectivity index (χ2n) is 7.45. The zero-order valence-electron chi connectivity index (χ0n) is 18.0. The van der Waals surface area contributed by atoms with E-state index in [0.29, 0.717) is 5.56 Å². The lowest BCUT2D eigenvalue weighted by Crippen LogP contribution is -2.56. The van der Waals surface area contributed by atoms with Gasteiger partial charge in [0.25, 0.3) is 0 Å². The summed E-state index contributed by atoms with van der Waals surface area (Å²) in [5.74, 6) is -4.64. The molecule has 0 aliphatic rings. The van der Waals surface area contributed by atoms with Crippen LogP contribution in [0.2, 0.25) is 0 Å². The Hall–Kier alpha value is -3.93. The van der Waals surface area contributed by atoms with Gasteiger partial charge in [0, 0.05) is 29.9 Å². The standard InChI is InChI=1S/C21H27N5O7/c1-11(24-17(27)9-22)19(30)26-16(8-12-10-23-14-5-3-2-4-13(12)14)20(31)25-15(21(32)33)6-7-18(28)29/h2-5,10-11,15-16,23H,6-9,22H2,1H3,(H,24,27)(H,25,31)(H,26,30)(H,28,29)(H,32,33). The van der Waals surface area contributed by atoms with Crippen LogP contribution in [0.1, 0.15) is 25.3 Å². The molecule has 33 heavy (non-hydrogen) atoms. The van der Waals surface area contributed by atoms with Crippen LogP contribution in [0, 0.1) is 0 Å². The molecular weight excluding hydrogens is 434 g/mol. The number of hydrogen-bond acceptors (Lipinski definition) is 6. The molecular formula is C21H27N5O7. The Morgan fingerprint density at radius 1 is 1.00 bits per heavy atom. The molecule has 0 bridgehead atoms. The molecule has 12 heteroatoms. The maximum Gasteiger partial charge on any atom is 0.326 e. The van der Waals surface area contributed by atoms with Crippen LogP contribution in [0.4, 0.5) is 0 Å². The number of H-pyrrole nitrogens is 1. The lowest BCUT2D eigenvalue weighted by Gasteiger charge is -2.23. The van der Waals surface area contributed by atoms with E-state index in [2.05, 4.69) is 20.9 Å². The number of carbonyl (C=O) groups is 5. The number of hydrogen-bond donors (Lipinski definition) is 7. The second-order valence-corrected chi connectivity index (χ2v) is 7.45. The summed E-state index contributed by atoms with van der Waals surface area (Å²) in [4.78, 5) is 62.4. The average molecular weight is 461 g/mol. The molecule has 8 N–H and O–H groups in total. The van der Waals surface area contributed by atoms with E-state index in [1.165, 1.54) is 6.92 Å². The van der Waals surface area contributed by atoms with Crippen LogP contribution in [-0.4, -0.2) is 69.5 Å². The molecule has 3 atom stereocenters. The molecule has 0 fully saturated rings. The van der Waals surface area contributed by atoms with E-state index in [0.717, 1.165) is 10.9 Å². The van der Waals surface area contributed by atoms with Crippen molar-refractivity contribution in [3.8, 4) is 0 Å². The van der Waals surface area contributed by atoms with Gasteiger partial charge in [0.15, 0.2) is 0 Å². The van der Waals surface area contributed by atoms with Crippen molar-refractivity contribution in [2.75, 3.05) is 6.54 Å². The van der Waals surface area contributed by atoms with Crippen LogP contribution in [0.15, 0.2) is 30.5 Å². The van der Waals surface area contributed by atoms with Gasteiger partial charge in [-0.1, -0.05) is 18.2 Å². The third kappa shape index (κ3) is 7.31. The first-order chi connectivity index (χ1) is 15.6. The Balaban J connectivity index is 2.23. The normalized spacial score (nSPS) is 13.5. The minimum atomic E-state index is -1.45. The third-order valence-corrected chi connectivity index (χ3v) is 4.95. The summed E-state index contributed by atoms with van der Waals surface area (Å²) < 4.78 is 0. The summed E-state index contributed by atoms with van der Waals surface area (Å²) in [7, 11) is 0. The van der Waals surface area contributed by atoms with Crippen LogP contribution in [0.25, 0.3) is 10.9 Å². The van der Waals surface area contributed by atoms with Gasteiger partial charge in [-0.25, -0.2) is 4.79 Å². The van der Waals surface area contributed by atoms with E-state index in [1.54, 1.807) is 6.20 Å². The zero-order chi connectivity index (χ0) is 24.5. The van der Waals surface area contributed by atoms with Crippen molar-refractivity contribution in [2.45, 2.75) is 44.3 Å². The van der Waals surface area contributed by atoms with E-state index < -0.39 is 54.2 Å². The topological polar surface area (TPSA) is 204 Å². The number of carboxylic acid groups (broad SMARTS) is 2. The second kappa shape index (κ2) is 11.6. The third-order valence-electron chi connectivity index (χ3n) is 4.95. The number of fused-ring (bicyclic) bond motifs is 1. The number of amides is 3. The van der Waals surface area contributed by atoms with Gasteiger partial charge in [-0.05, 0) is 25.0 Å². The molecule has 2 rings (SSSR count). The van der Waals surface area contributed by atoms with Crippen LogP contribution in [0.5, 0.6) is 0 Å². The maximum atomic E-state index is 12.9. The summed E-state index contributed by atoms with van der Waals surface area (Å²) in [6.07, 6.45) is 0.909. The number of rotatable bonds is 12. The van der Waals surface area contributed by atoms with Crippen molar-refractivity contribution < 1.29 is 34.2 Å². The fraction of sp³-hybridized carbons (Fsp3) is 0.381. The number of aliphatic carboxylic acids is 2. The number of carbonyl (C=O) groups excluding carboxylic acids is 3. The molecule has 0 aliphatic heterocycles. The molecule has 1 aromatic carbocycles. The Morgan fingerprint density at radius 3 is 2.30 bits per heavy atom. The Morgan fingerprint density at radius 2 is 1.67 bits per heavy atom. The van der Waals surface area contributed by atoms with Gasteiger partial charge >= 0.3 is 11.9 Å². The van der Waals surface area contributed by atoms with Crippen molar-refractivity contribution in [1.82, 2.24) is 20.9 Å². The monoisotopic (exact) mass is 461 g/mol. The summed E-state index contributed by atoms with van der Waals surface area (Å²) in [6, 6.07) is 3.66. The molecule has 1 heterocycles. The number of nitrogens with one attached hydrogen (secondary N) is 4. The molecule has 0 radical (unpaired) electrons. The van der Waals surface area contributed by atoms with Crippen molar-refractivity contribution >= 4 is 40.6 Å². The minimum absolute atomic E-state index is 0.0183. The quantitative estimate of drug-likeness (QED) is 0.210. The molecule has 0 saturated carbocycles. The molecule has 0 spiro atoms. The predicted molar refractivity (Wildman–Crippen MR) is 117 cm³/mol. The van der Waals surface area contributed by atoms with Crippen molar-refractivity contribution in [3.05, 3.63) is 36.0 Å². The number of aromatic amines is 1. The van der Waals surface area contributed by atoms with Gasteiger partial charge in [-0.2, -0.15) is 0 Å². The number of nitrogens with two attached hydrogens (primary N) is 1. The molecule has 178 valence electrons. The Bertz CT molecular complexity index is 1030. The first kappa shape index (κ1) is 25.3. The maximum absolute atomic E-state index is 12.9. The van der Waals surface area contributed by atoms with E-state index in [1.807, 2.05) is 24.3 Å². The zero-order valence-corrected chi connectivity index (χ0v) is 18.0. The van der Waals surface area contributed by atoms with Crippen LogP contribution >= 0.6 is 0 Å². The smallest absolute Gasteiger partial charge is 0.326 e. The number of carboxylic acids is 2. The first-order valence-corrected chi connectivity index (χ1v) is 10.2. The van der Waals surface area contributed by atoms with Gasteiger partial charge in [-0.3, -0.25) is 19.2 Å². The largest absolute Gasteiger partial charge is 0.481 e. The van der Waals surface area contributed by atoms with Crippen molar-refractivity contribution in [1.29, 1.82) is 0 Å². The Kier molecular flexibility index (Phi) is 8.92. The first-order valence-electron chi connectivity index (χ1n) is 10.2. The molecule has 0 saturated heterocycles. The number of benzene rings is 1. The lowest BCUT2D eigenvalue weighted by molar-refractivity contribution is -0.143. The predicted octanol–water partition coefficient (Wildman–Crippen LogP) is -0.907. The van der Waals surface area contributed by atoms with Gasteiger partial charge in [0.1, 0.15) is 18.1 Å². The van der Waals surface area contributed by atoms with Gasteiger partial charge in [0.05, 0.1) is 6.54 Å². The lowest BCUT2D eigenvalue weighted by atomic mass is 10.0. The Labute approximate surface area is 188 Å². The average Bonchev–Trinajstić information content (AvgIpc) is 3.18.